The van der Waals surface area contributed by atoms with Crippen molar-refractivity contribution >= 4 is 35.7 Å². The number of aromatic nitrogens is 3. The number of thioether (sulfide) groups is 1. The third-order valence-electron chi connectivity index (χ3n) is 5.72. The number of β-lactam (4-membered cyclic amide) rings is 1. The standard InChI is InChI=1S/C24H33N5O9S/c1-14(30)36-9-15-13-39-21-18(25-23(33)38-24(2,3)4)20(31)29(21)19(15)22(32)35-7-5-6-28-8-16(26-27-28)10-34-11-17-12-37-17/h8,13,17-19,21H,5-7,9-12H2,1-4H3,(H,25,33)/t17?,18-,19?,21-/m1/s1. The fourth-order valence-electron chi connectivity index (χ4n) is 3.89. The minimum atomic E-state index is -1.08. The van der Waals surface area contributed by atoms with Crippen LogP contribution in [0.2, 0.25) is 0 Å². The molecule has 0 spiro atoms. The molecule has 2 fully saturated rings. The smallest absolute Gasteiger partial charge is 0.408 e. The van der Waals surface area contributed by atoms with E-state index in [9.17, 15) is 19.2 Å². The Bertz CT molecular complexity index is 1110. The first-order valence-electron chi connectivity index (χ1n) is 12.6. The molecule has 2 unspecified atom stereocenters. The molecule has 0 aromatic carbocycles. The zero-order valence-corrected chi connectivity index (χ0v) is 23.1. The van der Waals surface area contributed by atoms with E-state index in [1.165, 1.54) is 23.6 Å². The van der Waals surface area contributed by atoms with Gasteiger partial charge in [-0.2, -0.15) is 0 Å². The number of hydrogen-bond acceptors (Lipinski definition) is 12. The van der Waals surface area contributed by atoms with Crippen molar-refractivity contribution in [3.05, 3.63) is 22.9 Å². The van der Waals surface area contributed by atoms with Gasteiger partial charge in [0.05, 0.1) is 32.6 Å². The van der Waals surface area contributed by atoms with E-state index in [-0.39, 0.29) is 19.3 Å². The summed E-state index contributed by atoms with van der Waals surface area (Å²) in [4.78, 5) is 51.0. The number of amides is 2. The maximum absolute atomic E-state index is 13.1. The Morgan fingerprint density at radius 3 is 2.69 bits per heavy atom. The molecule has 1 aromatic rings. The molecule has 14 nitrogen and oxygen atoms in total. The highest BCUT2D eigenvalue weighted by Gasteiger charge is 2.56. The Hall–Kier alpha value is -3.17. The topological polar surface area (TPSA) is 164 Å². The van der Waals surface area contributed by atoms with Crippen LogP contribution < -0.4 is 5.32 Å². The second-order valence-electron chi connectivity index (χ2n) is 10.2. The van der Waals surface area contributed by atoms with Crippen LogP contribution in [0.4, 0.5) is 4.79 Å². The molecule has 3 aliphatic rings. The van der Waals surface area contributed by atoms with Crippen molar-refractivity contribution in [3.8, 4) is 0 Å². The molecule has 4 atom stereocenters. The molecule has 0 saturated carbocycles. The maximum Gasteiger partial charge on any atom is 0.408 e. The molecular formula is C24H33N5O9S. The highest BCUT2D eigenvalue weighted by atomic mass is 32.2. The fourth-order valence-corrected chi connectivity index (χ4v) is 5.10. The predicted molar refractivity (Wildman–Crippen MR) is 135 cm³/mol. The Morgan fingerprint density at radius 1 is 1.23 bits per heavy atom. The lowest BCUT2D eigenvalue weighted by Gasteiger charge is -2.51. The van der Waals surface area contributed by atoms with E-state index in [0.717, 1.165) is 6.61 Å². The van der Waals surface area contributed by atoms with Gasteiger partial charge < -0.3 is 33.9 Å². The highest BCUT2D eigenvalue weighted by Crippen LogP contribution is 2.40. The van der Waals surface area contributed by atoms with E-state index < -0.39 is 47.0 Å². The van der Waals surface area contributed by atoms with Gasteiger partial charge in [0.25, 0.3) is 0 Å². The average molecular weight is 568 g/mol. The van der Waals surface area contributed by atoms with Gasteiger partial charge in [0.15, 0.2) is 6.04 Å². The Balaban J connectivity index is 1.30. The van der Waals surface area contributed by atoms with Crippen molar-refractivity contribution in [1.82, 2.24) is 25.2 Å². The average Bonchev–Trinajstić information content (AvgIpc) is 3.58. The van der Waals surface area contributed by atoms with Crippen LogP contribution >= 0.6 is 11.8 Å². The molecule has 1 aromatic heterocycles. The summed E-state index contributed by atoms with van der Waals surface area (Å²) in [7, 11) is 0. The molecule has 4 heterocycles. The first kappa shape index (κ1) is 28.8. The normalized spacial score (nSPS) is 23.7. The molecule has 0 bridgehead atoms. The summed E-state index contributed by atoms with van der Waals surface area (Å²) < 4.78 is 28.1. The minimum absolute atomic E-state index is 0.0698. The highest BCUT2D eigenvalue weighted by molar-refractivity contribution is 8.02. The van der Waals surface area contributed by atoms with Crippen LogP contribution in [-0.4, -0.2) is 99.4 Å². The molecule has 214 valence electrons. The molecule has 1 N–H and O–H groups in total. The van der Waals surface area contributed by atoms with Crippen LogP contribution in [0.15, 0.2) is 17.2 Å². The van der Waals surface area contributed by atoms with Gasteiger partial charge in [-0.3, -0.25) is 14.3 Å². The van der Waals surface area contributed by atoms with Crippen LogP contribution in [0.25, 0.3) is 0 Å². The lowest BCUT2D eigenvalue weighted by Crippen LogP contribution is -2.74. The van der Waals surface area contributed by atoms with E-state index >= 15 is 0 Å². The van der Waals surface area contributed by atoms with Gasteiger partial charge in [0, 0.05) is 25.5 Å². The first-order valence-corrected chi connectivity index (χ1v) is 13.5. The summed E-state index contributed by atoms with van der Waals surface area (Å²) >= 11 is 1.24. The van der Waals surface area contributed by atoms with Gasteiger partial charge in [-0.05, 0) is 26.2 Å². The Kier molecular flexibility index (Phi) is 9.12. The fraction of sp³-hybridized carbons (Fsp3) is 0.667. The van der Waals surface area contributed by atoms with Crippen molar-refractivity contribution in [3.63, 3.8) is 0 Å². The van der Waals surface area contributed by atoms with Crippen molar-refractivity contribution in [1.29, 1.82) is 0 Å². The quantitative estimate of drug-likeness (QED) is 0.124. The summed E-state index contributed by atoms with van der Waals surface area (Å²) in [6.45, 7) is 8.34. The summed E-state index contributed by atoms with van der Waals surface area (Å²) in [6.07, 6.45) is 1.66. The molecular weight excluding hydrogens is 534 g/mol. The number of ether oxygens (including phenoxy) is 5. The van der Waals surface area contributed by atoms with Crippen LogP contribution in [-0.2, 0) is 51.2 Å². The molecule has 2 saturated heterocycles. The molecule has 4 rings (SSSR count). The van der Waals surface area contributed by atoms with Crippen molar-refractivity contribution in [2.24, 2.45) is 0 Å². The lowest BCUT2D eigenvalue weighted by molar-refractivity contribution is -0.163. The van der Waals surface area contributed by atoms with Gasteiger partial charge in [0.2, 0.25) is 5.91 Å². The van der Waals surface area contributed by atoms with E-state index in [1.54, 1.807) is 37.1 Å². The number of rotatable bonds is 12. The number of aryl methyl sites for hydroxylation is 1. The molecule has 0 radical (unpaired) electrons. The van der Waals surface area contributed by atoms with Gasteiger partial charge >= 0.3 is 18.0 Å². The summed E-state index contributed by atoms with van der Waals surface area (Å²) in [5.41, 5.74) is 0.370. The summed E-state index contributed by atoms with van der Waals surface area (Å²) in [5.74, 6) is -1.63. The van der Waals surface area contributed by atoms with Gasteiger partial charge in [-0.15, -0.1) is 16.9 Å². The molecule has 0 aliphatic carbocycles. The maximum atomic E-state index is 13.1. The third kappa shape index (κ3) is 7.92. The van der Waals surface area contributed by atoms with Crippen LogP contribution in [0.5, 0.6) is 0 Å². The molecule has 2 amide bonds. The van der Waals surface area contributed by atoms with Gasteiger partial charge in [-0.25, -0.2) is 9.59 Å². The number of hydrogen-bond donors (Lipinski definition) is 1. The Morgan fingerprint density at radius 2 is 2.00 bits per heavy atom. The number of esters is 2. The number of nitrogens with zero attached hydrogens (tertiary/aromatic N) is 4. The molecule has 15 heteroatoms. The Labute approximate surface area is 229 Å². The van der Waals surface area contributed by atoms with Crippen molar-refractivity contribution in [2.75, 3.05) is 26.4 Å². The number of epoxide rings is 1. The van der Waals surface area contributed by atoms with E-state index in [1.807, 2.05) is 0 Å². The number of nitrogens with one attached hydrogen (secondary N) is 1. The van der Waals surface area contributed by atoms with E-state index in [0.29, 0.717) is 37.4 Å². The number of carbonyl (C=O) groups is 4. The summed E-state index contributed by atoms with van der Waals surface area (Å²) in [6, 6.07) is -1.95. The van der Waals surface area contributed by atoms with Crippen molar-refractivity contribution in [2.45, 2.75) is 76.4 Å². The monoisotopic (exact) mass is 567 g/mol. The lowest BCUT2D eigenvalue weighted by atomic mass is 9.98. The van der Waals surface area contributed by atoms with Crippen LogP contribution in [0.3, 0.4) is 0 Å². The number of alkyl carbamates (subject to hydrolysis) is 1. The second kappa shape index (κ2) is 12.3. The predicted octanol–water partition coefficient (Wildman–Crippen LogP) is 0.751. The van der Waals surface area contributed by atoms with Crippen LogP contribution in [0, 0.1) is 0 Å². The largest absolute Gasteiger partial charge is 0.464 e. The van der Waals surface area contributed by atoms with E-state index in [4.69, 9.17) is 23.7 Å². The van der Waals surface area contributed by atoms with E-state index in [2.05, 4.69) is 15.6 Å². The van der Waals surface area contributed by atoms with Crippen LogP contribution in [0.1, 0.15) is 39.8 Å². The van der Waals surface area contributed by atoms with Gasteiger partial charge in [0.1, 0.15) is 35.4 Å². The van der Waals surface area contributed by atoms with Crippen molar-refractivity contribution < 1.29 is 42.9 Å². The molecule has 39 heavy (non-hydrogen) atoms. The second-order valence-corrected chi connectivity index (χ2v) is 11.2. The summed E-state index contributed by atoms with van der Waals surface area (Å²) in [5, 5.41) is 11.8. The SMILES string of the molecule is CC(=O)OCC1=CS[C@@H]2[C@H](NC(=O)OC(C)(C)C)C(=O)N2C1C(=O)OCCCn1cc(COCC2CO2)nn1. The minimum Gasteiger partial charge on any atom is -0.464 e. The number of fused-ring (bicyclic) bond motifs is 1. The third-order valence-corrected chi connectivity index (χ3v) is 6.94. The zero-order chi connectivity index (χ0) is 28.2. The molecule has 3 aliphatic heterocycles. The zero-order valence-electron chi connectivity index (χ0n) is 22.3. The number of carbonyl (C=O) groups excluding carboxylic acids is 4. The van der Waals surface area contributed by atoms with Gasteiger partial charge in [-0.1, -0.05) is 5.21 Å². The first-order chi connectivity index (χ1) is 18.5.